The molecule has 6 heteroatoms. The molecule has 0 bridgehead atoms. The van der Waals surface area contributed by atoms with Gasteiger partial charge in [0.2, 0.25) is 0 Å². The standard InChI is InChI=1S/C14H11FN4O/c15-10-6-5-9(12(16)7-10)8-19-14(20)11-3-1-2-4-13(11)17-18-19/h1-7H,8,16H2. The first-order valence-electron chi connectivity index (χ1n) is 6.01. The predicted molar refractivity (Wildman–Crippen MR) is 73.7 cm³/mol. The maximum absolute atomic E-state index is 13.0. The summed E-state index contributed by atoms with van der Waals surface area (Å²) in [5.74, 6) is -0.414. The molecule has 0 aliphatic heterocycles. The van der Waals surface area contributed by atoms with Crippen LogP contribution in [0.1, 0.15) is 5.56 Å². The van der Waals surface area contributed by atoms with E-state index in [1.165, 1.54) is 22.9 Å². The molecule has 100 valence electrons. The van der Waals surface area contributed by atoms with E-state index < -0.39 is 5.82 Å². The van der Waals surface area contributed by atoms with Crippen LogP contribution in [0.2, 0.25) is 0 Å². The van der Waals surface area contributed by atoms with Gasteiger partial charge in [-0.25, -0.2) is 9.07 Å². The number of nitrogens with two attached hydrogens (primary N) is 1. The van der Waals surface area contributed by atoms with Crippen LogP contribution in [-0.2, 0) is 6.54 Å². The molecule has 2 N–H and O–H groups in total. The van der Waals surface area contributed by atoms with Gasteiger partial charge in [0.05, 0.1) is 11.9 Å². The van der Waals surface area contributed by atoms with Gasteiger partial charge in [0.25, 0.3) is 5.56 Å². The van der Waals surface area contributed by atoms with Crippen LogP contribution in [0.25, 0.3) is 10.9 Å². The molecule has 0 aliphatic carbocycles. The Morgan fingerprint density at radius 1 is 1.20 bits per heavy atom. The van der Waals surface area contributed by atoms with Crippen molar-refractivity contribution in [2.75, 3.05) is 5.73 Å². The smallest absolute Gasteiger partial charge is 0.277 e. The van der Waals surface area contributed by atoms with E-state index in [4.69, 9.17) is 5.73 Å². The van der Waals surface area contributed by atoms with Gasteiger partial charge in [0, 0.05) is 5.69 Å². The van der Waals surface area contributed by atoms with Crippen molar-refractivity contribution in [3.05, 3.63) is 64.2 Å². The molecular weight excluding hydrogens is 259 g/mol. The van der Waals surface area contributed by atoms with Crippen molar-refractivity contribution in [2.45, 2.75) is 6.54 Å². The van der Waals surface area contributed by atoms with Crippen LogP contribution in [0.3, 0.4) is 0 Å². The van der Waals surface area contributed by atoms with E-state index in [9.17, 15) is 9.18 Å². The van der Waals surface area contributed by atoms with Crippen molar-refractivity contribution in [1.29, 1.82) is 0 Å². The maximum atomic E-state index is 13.0. The van der Waals surface area contributed by atoms with Gasteiger partial charge in [0.1, 0.15) is 11.3 Å². The molecule has 0 saturated heterocycles. The molecule has 0 fully saturated rings. The molecule has 0 atom stereocenters. The third kappa shape index (κ3) is 2.11. The molecule has 2 aromatic carbocycles. The van der Waals surface area contributed by atoms with Crippen LogP contribution in [0.15, 0.2) is 47.3 Å². The molecular formula is C14H11FN4O. The summed E-state index contributed by atoms with van der Waals surface area (Å²) in [5, 5.41) is 8.34. The Hall–Kier alpha value is -2.76. The number of hydrogen-bond acceptors (Lipinski definition) is 4. The van der Waals surface area contributed by atoms with Crippen molar-refractivity contribution in [3.63, 3.8) is 0 Å². The largest absolute Gasteiger partial charge is 0.398 e. The minimum Gasteiger partial charge on any atom is -0.398 e. The molecule has 20 heavy (non-hydrogen) atoms. The third-order valence-corrected chi connectivity index (χ3v) is 3.06. The highest BCUT2D eigenvalue weighted by atomic mass is 19.1. The van der Waals surface area contributed by atoms with Crippen LogP contribution in [0, 0.1) is 5.82 Å². The number of anilines is 1. The number of benzene rings is 2. The lowest BCUT2D eigenvalue weighted by Gasteiger charge is -2.07. The van der Waals surface area contributed by atoms with E-state index in [1.807, 2.05) is 0 Å². The van der Waals surface area contributed by atoms with Crippen LogP contribution in [-0.4, -0.2) is 15.0 Å². The zero-order valence-corrected chi connectivity index (χ0v) is 10.5. The Labute approximate surface area is 113 Å². The number of nitrogen functional groups attached to an aromatic ring is 1. The average Bonchev–Trinajstić information content (AvgIpc) is 2.45. The molecule has 1 aromatic heterocycles. The van der Waals surface area contributed by atoms with Crippen LogP contribution < -0.4 is 11.3 Å². The SMILES string of the molecule is Nc1cc(F)ccc1Cn1nnc2ccccc2c1=O. The zero-order chi connectivity index (χ0) is 14.1. The first kappa shape index (κ1) is 12.3. The fraction of sp³-hybridized carbons (Fsp3) is 0.0714. The van der Waals surface area contributed by atoms with Crippen molar-refractivity contribution in [2.24, 2.45) is 0 Å². The van der Waals surface area contributed by atoms with Gasteiger partial charge in [-0.15, -0.1) is 5.10 Å². The fourth-order valence-electron chi connectivity index (χ4n) is 2.00. The number of fused-ring (bicyclic) bond motifs is 1. The molecule has 3 aromatic rings. The Bertz CT molecular complexity index is 844. The van der Waals surface area contributed by atoms with Gasteiger partial charge in [-0.3, -0.25) is 4.79 Å². The van der Waals surface area contributed by atoms with E-state index in [0.717, 1.165) is 0 Å². The molecule has 0 saturated carbocycles. The Balaban J connectivity index is 2.07. The molecule has 3 rings (SSSR count). The van der Waals surface area contributed by atoms with Crippen molar-refractivity contribution in [1.82, 2.24) is 15.0 Å². The zero-order valence-electron chi connectivity index (χ0n) is 10.5. The molecule has 1 heterocycles. The van der Waals surface area contributed by atoms with Gasteiger partial charge >= 0.3 is 0 Å². The second-order valence-electron chi connectivity index (χ2n) is 4.41. The van der Waals surface area contributed by atoms with Crippen LogP contribution >= 0.6 is 0 Å². The van der Waals surface area contributed by atoms with Crippen molar-refractivity contribution >= 4 is 16.6 Å². The molecule has 0 aliphatic rings. The van der Waals surface area contributed by atoms with E-state index in [-0.39, 0.29) is 17.8 Å². The monoisotopic (exact) mass is 270 g/mol. The number of hydrogen-bond donors (Lipinski definition) is 1. The quantitative estimate of drug-likeness (QED) is 0.717. The number of nitrogens with zero attached hydrogens (tertiary/aromatic N) is 3. The fourth-order valence-corrected chi connectivity index (χ4v) is 2.00. The minimum absolute atomic E-state index is 0.156. The molecule has 0 radical (unpaired) electrons. The summed E-state index contributed by atoms with van der Waals surface area (Å²) in [6.45, 7) is 0.156. The van der Waals surface area contributed by atoms with E-state index in [2.05, 4.69) is 10.3 Å². The maximum Gasteiger partial charge on any atom is 0.277 e. The third-order valence-electron chi connectivity index (χ3n) is 3.06. The lowest BCUT2D eigenvalue weighted by atomic mass is 10.2. The van der Waals surface area contributed by atoms with Gasteiger partial charge in [-0.2, -0.15) is 0 Å². The number of rotatable bonds is 2. The summed E-state index contributed by atoms with van der Waals surface area (Å²) in [4.78, 5) is 12.3. The van der Waals surface area contributed by atoms with Crippen LogP contribution in [0.5, 0.6) is 0 Å². The Morgan fingerprint density at radius 2 is 2.00 bits per heavy atom. The molecule has 0 spiro atoms. The number of aromatic nitrogens is 3. The average molecular weight is 270 g/mol. The molecule has 5 nitrogen and oxygen atoms in total. The summed E-state index contributed by atoms with van der Waals surface area (Å²) >= 11 is 0. The summed E-state index contributed by atoms with van der Waals surface area (Å²) in [6.07, 6.45) is 0. The molecule has 0 unspecified atom stereocenters. The lowest BCUT2D eigenvalue weighted by Crippen LogP contribution is -2.25. The first-order valence-corrected chi connectivity index (χ1v) is 6.01. The highest BCUT2D eigenvalue weighted by molar-refractivity contribution is 5.76. The first-order chi connectivity index (χ1) is 9.65. The van der Waals surface area contributed by atoms with Crippen molar-refractivity contribution < 1.29 is 4.39 Å². The minimum atomic E-state index is -0.414. The van der Waals surface area contributed by atoms with Gasteiger partial charge in [-0.1, -0.05) is 23.4 Å². The van der Waals surface area contributed by atoms with Crippen molar-refractivity contribution in [3.8, 4) is 0 Å². The second-order valence-corrected chi connectivity index (χ2v) is 4.41. The lowest BCUT2D eigenvalue weighted by molar-refractivity contribution is 0.597. The van der Waals surface area contributed by atoms with Gasteiger partial charge in [-0.05, 0) is 29.8 Å². The van der Waals surface area contributed by atoms with Gasteiger partial charge in [0.15, 0.2) is 0 Å². The normalized spacial score (nSPS) is 10.8. The highest BCUT2D eigenvalue weighted by Crippen LogP contribution is 2.14. The Kier molecular flexibility index (Phi) is 2.90. The molecule has 0 amide bonds. The van der Waals surface area contributed by atoms with E-state index in [0.29, 0.717) is 16.5 Å². The Morgan fingerprint density at radius 3 is 2.80 bits per heavy atom. The summed E-state index contributed by atoms with van der Waals surface area (Å²) in [5.41, 5.74) is 6.93. The topological polar surface area (TPSA) is 73.8 Å². The van der Waals surface area contributed by atoms with E-state index in [1.54, 1.807) is 24.3 Å². The second kappa shape index (κ2) is 4.73. The van der Waals surface area contributed by atoms with E-state index >= 15 is 0 Å². The predicted octanol–water partition coefficient (Wildman–Crippen LogP) is 1.56. The highest BCUT2D eigenvalue weighted by Gasteiger charge is 2.07. The van der Waals surface area contributed by atoms with Gasteiger partial charge < -0.3 is 5.73 Å². The summed E-state index contributed by atoms with van der Waals surface area (Å²) in [7, 11) is 0. The summed E-state index contributed by atoms with van der Waals surface area (Å²) in [6, 6.07) is 11.0. The summed E-state index contributed by atoms with van der Waals surface area (Å²) < 4.78 is 14.2. The van der Waals surface area contributed by atoms with Crippen LogP contribution in [0.4, 0.5) is 10.1 Å². The number of halogens is 1.